The monoisotopic (exact) mass is 320 g/mol. The number of aromatic nitrogens is 1. The van der Waals surface area contributed by atoms with E-state index in [1.54, 1.807) is 6.21 Å². The van der Waals surface area contributed by atoms with Crippen molar-refractivity contribution >= 4 is 22.0 Å². The van der Waals surface area contributed by atoms with Gasteiger partial charge in [0.05, 0.1) is 23.2 Å². The molecule has 2 N–H and O–H groups in total. The Kier molecular flexibility index (Phi) is 5.62. The van der Waals surface area contributed by atoms with Crippen LogP contribution in [0.3, 0.4) is 0 Å². The lowest BCUT2D eigenvalue weighted by molar-refractivity contribution is -0.696. The van der Waals surface area contributed by atoms with Crippen molar-refractivity contribution in [1.82, 2.24) is 0 Å². The van der Waals surface area contributed by atoms with Gasteiger partial charge in [-0.3, -0.25) is 9.98 Å². The van der Waals surface area contributed by atoms with Gasteiger partial charge in [0, 0.05) is 12.5 Å². The van der Waals surface area contributed by atoms with Crippen molar-refractivity contribution < 1.29 is 17.5 Å². The van der Waals surface area contributed by atoms with Gasteiger partial charge in [0.25, 0.3) is 10.1 Å². The van der Waals surface area contributed by atoms with Crippen LogP contribution in [0.1, 0.15) is 12.0 Å². The van der Waals surface area contributed by atoms with Gasteiger partial charge in [0.2, 0.25) is 0 Å². The van der Waals surface area contributed by atoms with Crippen molar-refractivity contribution in [3.8, 4) is 0 Å². The Hall–Kier alpha value is -2.25. The largest absolute Gasteiger partial charge is 0.286 e. The van der Waals surface area contributed by atoms with Crippen LogP contribution in [-0.2, 0) is 16.7 Å². The standard InChI is InChI=1S/C15H17N3O3S/c19-22(20,21)11-5-10-18-9-4-6-14(13-18)12-16-17-15-7-2-1-3-8-15/h1-4,6-9,12-13,17H,5,10-11H2/p+1/b16-12+. The molecule has 0 spiro atoms. The smallest absolute Gasteiger partial charge is 0.265 e. The first-order valence-corrected chi connectivity index (χ1v) is 8.42. The number of anilines is 1. The molecule has 22 heavy (non-hydrogen) atoms. The Bertz CT molecular complexity index is 731. The fourth-order valence-electron chi connectivity index (χ4n) is 1.88. The van der Waals surface area contributed by atoms with Gasteiger partial charge in [-0.2, -0.15) is 13.5 Å². The van der Waals surface area contributed by atoms with Gasteiger partial charge in [-0.05, 0) is 18.2 Å². The molecule has 0 aliphatic heterocycles. The number of aryl methyl sites for hydroxylation is 1. The summed E-state index contributed by atoms with van der Waals surface area (Å²) in [6.45, 7) is 0.508. The van der Waals surface area contributed by atoms with Crippen molar-refractivity contribution in [3.63, 3.8) is 0 Å². The highest BCUT2D eigenvalue weighted by Crippen LogP contribution is 2.04. The zero-order valence-electron chi connectivity index (χ0n) is 12.0. The van der Waals surface area contributed by atoms with Gasteiger partial charge in [0.1, 0.15) is 6.54 Å². The predicted molar refractivity (Wildman–Crippen MR) is 85.3 cm³/mol. The van der Waals surface area contributed by atoms with E-state index >= 15 is 0 Å². The number of nitrogens with zero attached hydrogens (tertiary/aromatic N) is 2. The summed E-state index contributed by atoms with van der Waals surface area (Å²) in [6.07, 6.45) is 5.74. The summed E-state index contributed by atoms with van der Waals surface area (Å²) in [4.78, 5) is 0. The highest BCUT2D eigenvalue weighted by Gasteiger charge is 2.07. The van der Waals surface area contributed by atoms with Gasteiger partial charge in [0.15, 0.2) is 12.4 Å². The molecule has 0 unspecified atom stereocenters. The topological polar surface area (TPSA) is 82.6 Å². The van der Waals surface area contributed by atoms with E-state index in [1.807, 2.05) is 59.4 Å². The summed E-state index contributed by atoms with van der Waals surface area (Å²) < 4.78 is 31.9. The van der Waals surface area contributed by atoms with E-state index < -0.39 is 10.1 Å². The molecule has 0 aliphatic carbocycles. The van der Waals surface area contributed by atoms with Crippen molar-refractivity contribution in [2.75, 3.05) is 11.2 Å². The molecule has 1 aromatic carbocycles. The van der Waals surface area contributed by atoms with Gasteiger partial charge in [-0.15, -0.1) is 0 Å². The number of benzene rings is 1. The Morgan fingerprint density at radius 2 is 1.95 bits per heavy atom. The molecule has 0 saturated carbocycles. The molecule has 0 fully saturated rings. The molecule has 6 nitrogen and oxygen atoms in total. The zero-order valence-corrected chi connectivity index (χ0v) is 12.8. The molecule has 2 rings (SSSR count). The summed E-state index contributed by atoms with van der Waals surface area (Å²) in [5.74, 6) is -0.242. The Balaban J connectivity index is 1.91. The minimum Gasteiger partial charge on any atom is -0.286 e. The summed E-state index contributed by atoms with van der Waals surface area (Å²) in [6, 6.07) is 13.4. The fraction of sp³-hybridized carbons (Fsp3) is 0.200. The second kappa shape index (κ2) is 7.67. The first-order chi connectivity index (χ1) is 10.5. The fourth-order valence-corrected chi connectivity index (χ4v) is 2.38. The number of hydrogen-bond acceptors (Lipinski definition) is 4. The lowest BCUT2D eigenvalue weighted by Crippen LogP contribution is -2.34. The molecular weight excluding hydrogens is 302 g/mol. The van der Waals surface area contributed by atoms with Crippen molar-refractivity contribution in [2.24, 2.45) is 5.10 Å². The van der Waals surface area contributed by atoms with Crippen molar-refractivity contribution in [1.29, 1.82) is 0 Å². The molecule has 0 bridgehead atoms. The highest BCUT2D eigenvalue weighted by atomic mass is 32.2. The third-order valence-electron chi connectivity index (χ3n) is 2.88. The summed E-state index contributed by atoms with van der Waals surface area (Å²) in [7, 11) is -3.90. The average molecular weight is 320 g/mol. The average Bonchev–Trinajstić information content (AvgIpc) is 2.47. The number of nitrogens with one attached hydrogen (secondary N) is 1. The SMILES string of the molecule is O=S(=O)(O)CCC[n+]1cccc(/C=N/Nc2ccccc2)c1. The van der Waals surface area contributed by atoms with Crippen LogP contribution in [0.25, 0.3) is 0 Å². The molecule has 2 aromatic rings. The van der Waals surface area contributed by atoms with Crippen LogP contribution in [0.15, 0.2) is 60.0 Å². The lowest BCUT2D eigenvalue weighted by atomic mass is 10.3. The minimum absolute atomic E-state index is 0.242. The maximum Gasteiger partial charge on any atom is 0.265 e. The first kappa shape index (κ1) is 16.1. The van der Waals surface area contributed by atoms with Gasteiger partial charge in [-0.1, -0.05) is 18.2 Å². The molecule has 1 heterocycles. The van der Waals surface area contributed by atoms with Crippen LogP contribution in [0, 0.1) is 0 Å². The van der Waals surface area contributed by atoms with Crippen LogP contribution >= 0.6 is 0 Å². The first-order valence-electron chi connectivity index (χ1n) is 6.81. The van der Waals surface area contributed by atoms with Crippen LogP contribution in [0.4, 0.5) is 5.69 Å². The van der Waals surface area contributed by atoms with Crippen LogP contribution in [0.5, 0.6) is 0 Å². The third kappa shape index (κ3) is 6.02. The van der Waals surface area contributed by atoms with E-state index in [2.05, 4.69) is 10.5 Å². The van der Waals surface area contributed by atoms with E-state index in [9.17, 15) is 8.42 Å². The van der Waals surface area contributed by atoms with Crippen LogP contribution in [0.2, 0.25) is 0 Å². The van der Waals surface area contributed by atoms with E-state index in [-0.39, 0.29) is 5.75 Å². The molecule has 7 heteroatoms. The number of hydrazone groups is 1. The second-order valence-corrected chi connectivity index (χ2v) is 6.32. The zero-order chi connectivity index (χ0) is 15.8. The van der Waals surface area contributed by atoms with Gasteiger partial charge < -0.3 is 0 Å². The third-order valence-corrected chi connectivity index (χ3v) is 3.69. The molecule has 0 atom stereocenters. The number of rotatable bonds is 7. The summed E-state index contributed by atoms with van der Waals surface area (Å²) in [5.41, 5.74) is 4.71. The number of pyridine rings is 1. The van der Waals surface area contributed by atoms with Gasteiger partial charge in [-0.25, -0.2) is 4.57 Å². The Labute approximate surface area is 129 Å². The van der Waals surface area contributed by atoms with E-state index in [1.165, 1.54) is 0 Å². The number of hydrogen-bond donors (Lipinski definition) is 2. The van der Waals surface area contributed by atoms with E-state index in [0.717, 1.165) is 11.3 Å². The van der Waals surface area contributed by atoms with E-state index in [0.29, 0.717) is 13.0 Å². The minimum atomic E-state index is -3.90. The van der Waals surface area contributed by atoms with E-state index in [4.69, 9.17) is 4.55 Å². The normalized spacial score (nSPS) is 11.7. The molecule has 0 amide bonds. The molecule has 1 aromatic heterocycles. The Morgan fingerprint density at radius 3 is 2.68 bits per heavy atom. The number of para-hydroxylation sites is 1. The van der Waals surface area contributed by atoms with Crippen LogP contribution in [-0.4, -0.2) is 24.9 Å². The highest BCUT2D eigenvalue weighted by molar-refractivity contribution is 7.85. The van der Waals surface area contributed by atoms with Crippen LogP contribution < -0.4 is 9.99 Å². The molecule has 0 radical (unpaired) electrons. The summed E-state index contributed by atoms with van der Waals surface area (Å²) >= 11 is 0. The quantitative estimate of drug-likeness (QED) is 0.352. The molecule has 0 saturated heterocycles. The molecule has 116 valence electrons. The lowest BCUT2D eigenvalue weighted by Gasteiger charge is -1.99. The molecule has 0 aliphatic rings. The maximum atomic E-state index is 10.7. The Morgan fingerprint density at radius 1 is 1.18 bits per heavy atom. The van der Waals surface area contributed by atoms with Crippen molar-refractivity contribution in [3.05, 3.63) is 60.4 Å². The van der Waals surface area contributed by atoms with Gasteiger partial charge >= 0.3 is 0 Å². The van der Waals surface area contributed by atoms with Crippen molar-refractivity contribution in [2.45, 2.75) is 13.0 Å². The summed E-state index contributed by atoms with van der Waals surface area (Å²) in [5, 5.41) is 4.15. The maximum absolute atomic E-state index is 10.7. The predicted octanol–water partition coefficient (Wildman–Crippen LogP) is 1.70. The molecular formula is C15H18N3O3S+. The second-order valence-electron chi connectivity index (χ2n) is 4.75.